The molecule has 518 valence electrons. The standard InChI is InChI=1S/C14H13NO3.C13H12Br2ClNO3.C13H11BrClNO3.C10H7Br2ClO2.C2H7NO.8C2H6/c1-8-3-4-10-12-14(8)18-6-5-15(12)7-11(9(2)16)13(10)17;1-7(19)9(6-17-4-5-18)13(20)8-2-3-10(14)12(16)11(8)15;1-7(18)9-6-16(4-5-17)12-8(13(9)19)2-3-10(14)11(12)15;1-5(14)4-8(15)6-2-3-7(11)10(13)9(6)12;3-1-2-4;8*1-2/h3-4,7H,5-6H2,1-2H3;2-3,6,18,20H,4-5H2,1H3;2-3,6,17H,4-5H2,1H3;2-3H,4H2,1H3;4H,1-3H2;8*1-2H3. The SMILES string of the molecule is CC.CC.CC.CC.CC.CC.CC.CC.CC(=O)C(C=NCCO)=C(O)c1ccc(Br)c(Cl)c1Br.CC(=O)CC(=O)c1ccc(Br)c(Cl)c1Br.CC(=O)c1cn(CCO)c2c(Cl)c(Br)ccc2c1=O.CC(=O)c1cn2c3c(c(C)ccc3c1=O)OCC2.NCCO. The Morgan fingerprint density at radius 1 is 0.587 bits per heavy atom. The van der Waals surface area contributed by atoms with E-state index in [0.717, 1.165) is 16.8 Å². The van der Waals surface area contributed by atoms with Gasteiger partial charge in [0.1, 0.15) is 23.9 Å². The number of fused-ring (bicyclic) bond motifs is 1. The lowest BCUT2D eigenvalue weighted by molar-refractivity contribution is -0.116. The average molecular weight is 1670 g/mol. The Kier molecular flexibility index (Phi) is 62.5. The fourth-order valence-corrected chi connectivity index (χ4v) is 10.0. The Hall–Kier alpha value is -4.23. The lowest BCUT2D eigenvalue weighted by atomic mass is 10.1. The number of halogens is 8. The number of carbonyl (C=O) groups excluding carboxylic acids is 5. The minimum Gasteiger partial charge on any atom is -0.506 e. The second-order valence-electron chi connectivity index (χ2n) is 16.0. The van der Waals surface area contributed by atoms with Gasteiger partial charge in [-0.25, -0.2) is 0 Å². The van der Waals surface area contributed by atoms with Crippen molar-refractivity contribution in [3.63, 3.8) is 0 Å². The van der Waals surface area contributed by atoms with Crippen LogP contribution in [0.25, 0.3) is 27.6 Å². The molecule has 0 amide bonds. The van der Waals surface area contributed by atoms with Crippen molar-refractivity contribution in [3.05, 3.63) is 152 Å². The number of hydrogen-bond donors (Lipinski definition) is 5. The summed E-state index contributed by atoms with van der Waals surface area (Å²) in [4.78, 5) is 85.3. The van der Waals surface area contributed by atoms with Gasteiger partial charge in [0.25, 0.3) is 0 Å². The zero-order chi connectivity index (χ0) is 73.3. The van der Waals surface area contributed by atoms with Crippen molar-refractivity contribution in [1.29, 1.82) is 0 Å². The van der Waals surface area contributed by atoms with E-state index in [9.17, 15) is 38.7 Å². The van der Waals surface area contributed by atoms with E-state index in [1.54, 1.807) is 53.2 Å². The highest BCUT2D eigenvalue weighted by Crippen LogP contribution is 2.37. The van der Waals surface area contributed by atoms with Crippen molar-refractivity contribution >= 4 is 177 Å². The lowest BCUT2D eigenvalue weighted by Gasteiger charge is -2.22. The fraction of sp³-hybridized carbons (Fsp3) is 0.441. The number of Topliss-reactive ketones (excluding diaryl/α,β-unsaturated/α-hetero) is 5. The lowest BCUT2D eigenvalue weighted by Crippen LogP contribution is -2.23. The van der Waals surface area contributed by atoms with Crippen LogP contribution in [0.15, 0.2) is 103 Å². The van der Waals surface area contributed by atoms with Gasteiger partial charge in [-0.15, -0.1) is 0 Å². The highest BCUT2D eigenvalue weighted by molar-refractivity contribution is 9.11. The summed E-state index contributed by atoms with van der Waals surface area (Å²) in [6.07, 6.45) is 4.24. The van der Waals surface area contributed by atoms with Crippen molar-refractivity contribution in [3.8, 4) is 5.75 Å². The average Bonchev–Trinajstić information content (AvgIpc) is 0.769. The summed E-state index contributed by atoms with van der Waals surface area (Å²) in [5, 5.41) is 37.9. The molecule has 0 saturated heterocycles. The van der Waals surface area contributed by atoms with Crippen LogP contribution in [0.2, 0.25) is 15.1 Å². The van der Waals surface area contributed by atoms with Gasteiger partial charge in [-0.1, -0.05) is 152 Å². The molecule has 1 aliphatic heterocycles. The van der Waals surface area contributed by atoms with Gasteiger partial charge in [-0.05, 0) is 162 Å². The van der Waals surface area contributed by atoms with E-state index in [2.05, 4.69) is 84.6 Å². The van der Waals surface area contributed by atoms with Gasteiger partial charge < -0.3 is 40.0 Å². The van der Waals surface area contributed by atoms with E-state index in [1.165, 1.54) is 40.1 Å². The van der Waals surface area contributed by atoms with Crippen molar-refractivity contribution < 1.29 is 49.1 Å². The molecule has 0 saturated carbocycles. The van der Waals surface area contributed by atoms with Crippen LogP contribution in [0.1, 0.15) is 187 Å². The number of rotatable bonds is 13. The third-order valence-electron chi connectivity index (χ3n) is 10.4. The number of ether oxygens (including phenoxy) is 1. The van der Waals surface area contributed by atoms with E-state index in [-0.39, 0.29) is 102 Å². The number of aliphatic hydroxyl groups is 4. The normalized spacial score (nSPS) is 10.1. The maximum atomic E-state index is 12.2. The Balaban J connectivity index is -0.000000245. The molecule has 3 heterocycles. The molecule has 24 heteroatoms. The van der Waals surface area contributed by atoms with Gasteiger partial charge in [-0.3, -0.25) is 38.6 Å². The topological polar surface area (TPSA) is 258 Å². The Bertz CT molecular complexity index is 3390. The summed E-state index contributed by atoms with van der Waals surface area (Å²) in [5.41, 5.74) is 7.77. The van der Waals surface area contributed by atoms with Crippen molar-refractivity contribution in [1.82, 2.24) is 9.13 Å². The second kappa shape index (κ2) is 58.2. The third-order valence-corrected chi connectivity index (χ3v) is 16.4. The van der Waals surface area contributed by atoms with Crippen LogP contribution >= 0.6 is 114 Å². The number of nitrogens with two attached hydrogens (primary N) is 1. The van der Waals surface area contributed by atoms with Crippen LogP contribution in [0, 0.1) is 6.92 Å². The zero-order valence-corrected chi connectivity index (χ0v) is 67.4. The molecule has 0 aliphatic carbocycles. The molecule has 0 radical (unpaired) electrons. The number of pyridine rings is 2. The third kappa shape index (κ3) is 32.0. The number of aromatic nitrogens is 2. The van der Waals surface area contributed by atoms with Gasteiger partial charge in [0.2, 0.25) is 0 Å². The number of carbonyl (C=O) groups is 5. The Morgan fingerprint density at radius 2 is 1.00 bits per heavy atom. The fourth-order valence-electron chi connectivity index (χ4n) is 6.83. The van der Waals surface area contributed by atoms with Crippen molar-refractivity contribution in [2.45, 2.75) is 165 Å². The van der Waals surface area contributed by atoms with Crippen LogP contribution in [0.3, 0.4) is 0 Å². The second-order valence-corrected chi connectivity index (χ2v) is 21.3. The molecular formula is C68H98Br5Cl3N4O12. The maximum absolute atomic E-state index is 12.2. The Morgan fingerprint density at radius 3 is 1.42 bits per heavy atom. The predicted octanol–water partition coefficient (Wildman–Crippen LogP) is 19.5. The van der Waals surface area contributed by atoms with Crippen molar-refractivity contribution in [2.24, 2.45) is 10.7 Å². The minimum absolute atomic E-state index is 0.0533. The molecule has 2 aromatic heterocycles. The summed E-state index contributed by atoms with van der Waals surface area (Å²) in [5.74, 6) is -0.701. The zero-order valence-electron chi connectivity index (χ0n) is 57.2. The molecule has 0 spiro atoms. The van der Waals surface area contributed by atoms with Gasteiger partial charge >= 0.3 is 0 Å². The van der Waals surface area contributed by atoms with Crippen LogP contribution in [0.5, 0.6) is 5.75 Å². The maximum Gasteiger partial charge on any atom is 0.200 e. The highest BCUT2D eigenvalue weighted by Gasteiger charge is 2.21. The largest absolute Gasteiger partial charge is 0.506 e. The molecule has 6 aromatic rings. The van der Waals surface area contributed by atoms with Crippen LogP contribution < -0.4 is 21.3 Å². The molecule has 6 N–H and O–H groups in total. The van der Waals surface area contributed by atoms with Gasteiger partial charge in [0.05, 0.1) is 87.5 Å². The first-order chi connectivity index (χ1) is 43.8. The minimum atomic E-state index is -0.342. The number of benzene rings is 4. The predicted molar refractivity (Wildman–Crippen MR) is 407 cm³/mol. The van der Waals surface area contributed by atoms with E-state index in [4.69, 9.17) is 60.6 Å². The van der Waals surface area contributed by atoms with Gasteiger partial charge in [0, 0.05) is 70.6 Å². The summed E-state index contributed by atoms with van der Waals surface area (Å²) in [6.45, 7) is 41.3. The quantitative estimate of drug-likeness (QED) is 0.0180. The monoisotopic (exact) mass is 1660 g/mol. The summed E-state index contributed by atoms with van der Waals surface area (Å²) < 4.78 is 12.2. The van der Waals surface area contributed by atoms with E-state index >= 15 is 0 Å². The van der Waals surface area contributed by atoms with E-state index < -0.39 is 0 Å². The van der Waals surface area contributed by atoms with Crippen LogP contribution in [0.4, 0.5) is 0 Å². The summed E-state index contributed by atoms with van der Waals surface area (Å²) >= 11 is 34.5. The van der Waals surface area contributed by atoms with Crippen LogP contribution in [-0.2, 0) is 22.7 Å². The molecule has 4 aromatic carbocycles. The number of aliphatic imine (C=N–C) groups is 1. The molecule has 92 heavy (non-hydrogen) atoms. The molecule has 16 nitrogen and oxygen atoms in total. The van der Waals surface area contributed by atoms with E-state index in [0.29, 0.717) is 84.5 Å². The molecule has 1 aliphatic rings. The van der Waals surface area contributed by atoms with Gasteiger partial charge in [0.15, 0.2) is 34.0 Å². The smallest absolute Gasteiger partial charge is 0.200 e. The number of allylic oxidation sites excluding steroid dienone is 1. The first-order valence-electron chi connectivity index (χ1n) is 30.4. The summed E-state index contributed by atoms with van der Waals surface area (Å²) in [6, 6.07) is 13.5. The number of aliphatic hydroxyl groups excluding tert-OH is 4. The number of aryl methyl sites for hydroxylation is 1. The van der Waals surface area contributed by atoms with Crippen LogP contribution in [-0.4, -0.2) is 104 Å². The molecule has 0 fully saturated rings. The summed E-state index contributed by atoms with van der Waals surface area (Å²) in [7, 11) is 0. The van der Waals surface area contributed by atoms with E-state index in [1.807, 2.05) is 128 Å². The highest BCUT2D eigenvalue weighted by atomic mass is 79.9. The number of ketones is 5. The molecule has 7 rings (SSSR count). The molecule has 0 bridgehead atoms. The first kappa shape index (κ1) is 98.8. The number of nitrogens with zero attached hydrogens (tertiary/aromatic N) is 3. The molecule has 0 atom stereocenters. The first-order valence-corrected chi connectivity index (χ1v) is 35.5. The van der Waals surface area contributed by atoms with Gasteiger partial charge in [-0.2, -0.15) is 0 Å². The molecule has 0 unspecified atom stereocenters. The molecular weight excluding hydrogens is 1570 g/mol. The number of hydrogen-bond acceptors (Lipinski definition) is 14. The van der Waals surface area contributed by atoms with Crippen molar-refractivity contribution in [2.75, 3.05) is 39.5 Å². The Labute approximate surface area is 603 Å².